The lowest BCUT2D eigenvalue weighted by Gasteiger charge is -1.97. The van der Waals surface area contributed by atoms with Crippen LogP contribution in [0.25, 0.3) is 10.8 Å². The van der Waals surface area contributed by atoms with Crippen LogP contribution in [-0.4, -0.2) is 0 Å². The summed E-state index contributed by atoms with van der Waals surface area (Å²) in [6, 6.07) is 3.79. The SMILES string of the molecule is O=c1occc2c(Cl)cc(F)cc12. The molecular weight excluding hydrogens is 195 g/mol. The van der Waals surface area contributed by atoms with E-state index in [9.17, 15) is 9.18 Å². The maximum atomic E-state index is 12.8. The van der Waals surface area contributed by atoms with Crippen LogP contribution in [0.2, 0.25) is 5.02 Å². The van der Waals surface area contributed by atoms with Crippen LogP contribution in [0.4, 0.5) is 4.39 Å². The minimum Gasteiger partial charge on any atom is -0.431 e. The van der Waals surface area contributed by atoms with Crippen molar-refractivity contribution in [3.8, 4) is 0 Å². The molecule has 2 nitrogen and oxygen atoms in total. The van der Waals surface area contributed by atoms with Crippen LogP contribution < -0.4 is 5.63 Å². The first-order valence-electron chi connectivity index (χ1n) is 3.55. The summed E-state index contributed by atoms with van der Waals surface area (Å²) in [4.78, 5) is 11.1. The first-order chi connectivity index (χ1) is 6.18. The minimum atomic E-state index is -0.584. The molecule has 0 spiro atoms. The van der Waals surface area contributed by atoms with Gasteiger partial charge in [-0.1, -0.05) is 11.6 Å². The second-order valence-electron chi connectivity index (χ2n) is 2.56. The van der Waals surface area contributed by atoms with Crippen LogP contribution in [0.1, 0.15) is 0 Å². The Balaban J connectivity index is 3.03. The predicted octanol–water partition coefficient (Wildman–Crippen LogP) is 2.59. The van der Waals surface area contributed by atoms with Crippen molar-refractivity contribution in [2.24, 2.45) is 0 Å². The second-order valence-corrected chi connectivity index (χ2v) is 2.96. The zero-order chi connectivity index (χ0) is 9.42. The van der Waals surface area contributed by atoms with Gasteiger partial charge in [-0.2, -0.15) is 0 Å². The summed E-state index contributed by atoms with van der Waals surface area (Å²) in [5, 5.41) is 0.870. The Morgan fingerprint density at radius 2 is 2.08 bits per heavy atom. The van der Waals surface area contributed by atoms with Gasteiger partial charge < -0.3 is 4.42 Å². The Labute approximate surface area is 77.5 Å². The highest BCUT2D eigenvalue weighted by Gasteiger charge is 2.05. The lowest BCUT2D eigenvalue weighted by atomic mass is 10.2. The fraction of sp³-hybridized carbons (Fsp3) is 0. The van der Waals surface area contributed by atoms with Crippen LogP contribution >= 0.6 is 11.6 Å². The molecule has 4 heteroatoms. The topological polar surface area (TPSA) is 30.2 Å². The summed E-state index contributed by atoms with van der Waals surface area (Å²) < 4.78 is 17.4. The van der Waals surface area contributed by atoms with Crippen LogP contribution in [0, 0.1) is 5.82 Å². The van der Waals surface area contributed by atoms with Gasteiger partial charge in [0.25, 0.3) is 0 Å². The first kappa shape index (κ1) is 8.26. The van der Waals surface area contributed by atoms with Crippen molar-refractivity contribution in [2.75, 3.05) is 0 Å². The fourth-order valence-electron chi connectivity index (χ4n) is 1.15. The standard InChI is InChI=1S/C9H4ClFO2/c10-8-4-5(11)3-7-6(8)1-2-13-9(7)12/h1-4H. The summed E-state index contributed by atoms with van der Waals surface area (Å²) in [5.41, 5.74) is -0.584. The Kier molecular flexibility index (Phi) is 1.81. The van der Waals surface area contributed by atoms with Gasteiger partial charge in [-0.3, -0.25) is 0 Å². The molecule has 0 bridgehead atoms. The zero-order valence-corrected chi connectivity index (χ0v) is 7.14. The molecule has 0 aliphatic heterocycles. The quantitative estimate of drug-likeness (QED) is 0.651. The number of hydrogen-bond donors (Lipinski definition) is 0. The zero-order valence-electron chi connectivity index (χ0n) is 6.38. The van der Waals surface area contributed by atoms with Gasteiger partial charge in [0.15, 0.2) is 0 Å². The van der Waals surface area contributed by atoms with Crippen molar-refractivity contribution in [3.05, 3.63) is 45.7 Å². The number of hydrogen-bond acceptors (Lipinski definition) is 2. The van der Waals surface area contributed by atoms with Crippen molar-refractivity contribution >= 4 is 22.4 Å². The lowest BCUT2D eigenvalue weighted by Crippen LogP contribution is -1.98. The average molecular weight is 199 g/mol. The Morgan fingerprint density at radius 3 is 2.85 bits per heavy atom. The van der Waals surface area contributed by atoms with Crippen molar-refractivity contribution < 1.29 is 8.81 Å². The number of halogens is 2. The van der Waals surface area contributed by atoms with E-state index in [0.717, 1.165) is 12.1 Å². The lowest BCUT2D eigenvalue weighted by molar-refractivity contribution is 0.518. The van der Waals surface area contributed by atoms with Gasteiger partial charge in [0.1, 0.15) is 5.82 Å². The van der Waals surface area contributed by atoms with Gasteiger partial charge in [0.05, 0.1) is 16.7 Å². The second kappa shape index (κ2) is 2.85. The Hall–Kier alpha value is -1.35. The maximum absolute atomic E-state index is 12.8. The average Bonchev–Trinajstić information content (AvgIpc) is 2.07. The van der Waals surface area contributed by atoms with Gasteiger partial charge in [-0.05, 0) is 18.2 Å². The Morgan fingerprint density at radius 1 is 1.31 bits per heavy atom. The molecule has 2 aromatic rings. The highest BCUT2D eigenvalue weighted by molar-refractivity contribution is 6.35. The minimum absolute atomic E-state index is 0.160. The third kappa shape index (κ3) is 1.31. The molecule has 0 fully saturated rings. The molecule has 0 amide bonds. The van der Waals surface area contributed by atoms with E-state index in [1.165, 1.54) is 12.3 Å². The molecule has 1 heterocycles. The Bertz CT molecular complexity index is 518. The van der Waals surface area contributed by atoms with Crippen molar-refractivity contribution in [1.29, 1.82) is 0 Å². The predicted molar refractivity (Wildman–Crippen MR) is 47.5 cm³/mol. The highest BCUT2D eigenvalue weighted by Crippen LogP contribution is 2.22. The monoisotopic (exact) mass is 198 g/mol. The van der Waals surface area contributed by atoms with E-state index in [1.54, 1.807) is 0 Å². The molecule has 0 atom stereocenters. The van der Waals surface area contributed by atoms with Crippen LogP contribution in [0.5, 0.6) is 0 Å². The van der Waals surface area contributed by atoms with E-state index in [4.69, 9.17) is 11.6 Å². The van der Waals surface area contributed by atoms with Crippen molar-refractivity contribution in [1.82, 2.24) is 0 Å². The maximum Gasteiger partial charge on any atom is 0.343 e. The molecule has 0 unspecified atom stereocenters. The summed E-state index contributed by atoms with van der Waals surface area (Å²) >= 11 is 5.71. The summed E-state index contributed by atoms with van der Waals surface area (Å²) in [5.74, 6) is -0.545. The molecule has 0 N–H and O–H groups in total. The third-order valence-electron chi connectivity index (χ3n) is 1.72. The molecule has 1 aromatic carbocycles. The molecule has 13 heavy (non-hydrogen) atoms. The number of rotatable bonds is 0. The van der Waals surface area contributed by atoms with Gasteiger partial charge in [0, 0.05) is 5.39 Å². The largest absolute Gasteiger partial charge is 0.431 e. The summed E-state index contributed by atoms with van der Waals surface area (Å²) in [6.45, 7) is 0. The van der Waals surface area contributed by atoms with E-state index < -0.39 is 11.4 Å². The fourth-order valence-corrected chi connectivity index (χ4v) is 1.42. The number of benzene rings is 1. The molecule has 2 rings (SSSR count). The summed E-state index contributed by atoms with van der Waals surface area (Å²) in [7, 11) is 0. The van der Waals surface area contributed by atoms with E-state index >= 15 is 0 Å². The van der Waals surface area contributed by atoms with Gasteiger partial charge >= 0.3 is 5.63 Å². The van der Waals surface area contributed by atoms with Crippen LogP contribution in [0.15, 0.2) is 33.7 Å². The number of fused-ring (bicyclic) bond motifs is 1. The highest BCUT2D eigenvalue weighted by atomic mass is 35.5. The molecule has 66 valence electrons. The molecule has 0 radical (unpaired) electrons. The van der Waals surface area contributed by atoms with E-state index in [2.05, 4.69) is 4.42 Å². The van der Waals surface area contributed by atoms with Gasteiger partial charge in [0.2, 0.25) is 0 Å². The first-order valence-corrected chi connectivity index (χ1v) is 3.93. The van der Waals surface area contributed by atoms with E-state index in [1.807, 2.05) is 0 Å². The van der Waals surface area contributed by atoms with Crippen molar-refractivity contribution in [2.45, 2.75) is 0 Å². The van der Waals surface area contributed by atoms with Crippen LogP contribution in [0.3, 0.4) is 0 Å². The molecular formula is C9H4ClFO2. The molecule has 0 aliphatic rings. The normalized spacial score (nSPS) is 10.6. The van der Waals surface area contributed by atoms with E-state index in [0.29, 0.717) is 5.39 Å². The van der Waals surface area contributed by atoms with Gasteiger partial charge in [-0.15, -0.1) is 0 Å². The molecule has 0 saturated carbocycles. The molecule has 1 aromatic heterocycles. The molecule has 0 saturated heterocycles. The van der Waals surface area contributed by atoms with E-state index in [-0.39, 0.29) is 10.4 Å². The van der Waals surface area contributed by atoms with Crippen molar-refractivity contribution in [3.63, 3.8) is 0 Å². The van der Waals surface area contributed by atoms with Gasteiger partial charge in [-0.25, -0.2) is 9.18 Å². The molecule has 0 aliphatic carbocycles. The smallest absolute Gasteiger partial charge is 0.343 e. The van der Waals surface area contributed by atoms with Crippen LogP contribution in [-0.2, 0) is 0 Å². The summed E-state index contributed by atoms with van der Waals surface area (Å²) in [6.07, 6.45) is 1.23. The third-order valence-corrected chi connectivity index (χ3v) is 2.04.